The number of carbonyl (C=O) groups is 1. The Morgan fingerprint density at radius 1 is 1.19 bits per heavy atom. The highest BCUT2D eigenvalue weighted by molar-refractivity contribution is 6.74. The third-order valence-corrected chi connectivity index (χ3v) is 10.5. The summed E-state index contributed by atoms with van der Waals surface area (Å²) >= 11 is 5.98. The largest absolute Gasteiger partial charge is 0.465 e. The van der Waals surface area contributed by atoms with E-state index in [1.165, 1.54) is 7.11 Å². The summed E-state index contributed by atoms with van der Waals surface area (Å²) in [5.74, 6) is 5.94. The number of ether oxygens (including phenoxy) is 1. The van der Waals surface area contributed by atoms with Gasteiger partial charge in [0.15, 0.2) is 8.32 Å². The molecule has 1 heterocycles. The first-order chi connectivity index (χ1) is 14.9. The van der Waals surface area contributed by atoms with Crippen LogP contribution in [-0.4, -0.2) is 32.4 Å². The van der Waals surface area contributed by atoms with Crippen LogP contribution in [0.4, 0.5) is 0 Å². The molecule has 0 aliphatic heterocycles. The van der Waals surface area contributed by atoms with Crippen LogP contribution in [0, 0.1) is 11.8 Å². The fourth-order valence-corrected chi connectivity index (χ4v) is 4.23. The van der Waals surface area contributed by atoms with Crippen molar-refractivity contribution in [1.82, 2.24) is 4.98 Å². The van der Waals surface area contributed by atoms with E-state index < -0.39 is 8.32 Å². The smallest absolute Gasteiger partial charge is 0.337 e. The van der Waals surface area contributed by atoms with E-state index in [0.717, 1.165) is 11.1 Å². The van der Waals surface area contributed by atoms with Gasteiger partial charge in [0.2, 0.25) is 0 Å². The van der Waals surface area contributed by atoms with Gasteiger partial charge in [0.25, 0.3) is 0 Å². The Balaban J connectivity index is 2.10. The van der Waals surface area contributed by atoms with Gasteiger partial charge in [-0.15, -0.1) is 0 Å². The Labute approximate surface area is 197 Å². The van der Waals surface area contributed by atoms with Crippen LogP contribution in [0.1, 0.15) is 61.2 Å². The van der Waals surface area contributed by atoms with Gasteiger partial charge in [-0.2, -0.15) is 0 Å². The summed E-state index contributed by atoms with van der Waals surface area (Å²) in [4.78, 5) is 15.7. The van der Waals surface area contributed by atoms with Crippen molar-refractivity contribution in [3.8, 4) is 11.8 Å². The summed E-state index contributed by atoms with van der Waals surface area (Å²) < 4.78 is 11.4. The quantitative estimate of drug-likeness (QED) is 0.240. The van der Waals surface area contributed by atoms with Crippen molar-refractivity contribution in [2.75, 3.05) is 7.11 Å². The van der Waals surface area contributed by atoms with Gasteiger partial charge in [0.05, 0.1) is 18.8 Å². The Hall–Kier alpha value is -2.17. The highest BCUT2D eigenvalue weighted by Gasteiger charge is 2.40. The Morgan fingerprint density at radius 2 is 1.84 bits per heavy atom. The molecule has 0 aliphatic rings. The van der Waals surface area contributed by atoms with E-state index in [0.29, 0.717) is 23.6 Å². The molecular formula is C25H33ClN2O3Si. The van der Waals surface area contributed by atoms with Crippen LogP contribution in [0.5, 0.6) is 0 Å². The first-order valence-corrected chi connectivity index (χ1v) is 14.0. The predicted molar refractivity (Wildman–Crippen MR) is 132 cm³/mol. The van der Waals surface area contributed by atoms with E-state index in [1.54, 1.807) is 24.4 Å². The topological polar surface area (TPSA) is 74.4 Å². The number of carbonyl (C=O) groups excluding carboxylic acids is 1. The fraction of sp³-hybridized carbons (Fsp3) is 0.440. The highest BCUT2D eigenvalue weighted by atomic mass is 35.5. The van der Waals surface area contributed by atoms with Crippen molar-refractivity contribution < 1.29 is 14.0 Å². The van der Waals surface area contributed by atoms with E-state index in [9.17, 15) is 4.79 Å². The van der Waals surface area contributed by atoms with Crippen molar-refractivity contribution in [1.29, 1.82) is 0 Å². The molecule has 0 aliphatic carbocycles. The van der Waals surface area contributed by atoms with Gasteiger partial charge in [-0.1, -0.05) is 50.3 Å². The lowest BCUT2D eigenvalue weighted by molar-refractivity contribution is 0.0600. The molecule has 2 atom stereocenters. The highest BCUT2D eigenvalue weighted by Crippen LogP contribution is 2.40. The van der Waals surface area contributed by atoms with E-state index in [1.807, 2.05) is 18.2 Å². The summed E-state index contributed by atoms with van der Waals surface area (Å²) in [6, 6.07) is 10.5. The van der Waals surface area contributed by atoms with Crippen molar-refractivity contribution in [3.63, 3.8) is 0 Å². The van der Waals surface area contributed by atoms with Gasteiger partial charge >= 0.3 is 5.97 Å². The third-order valence-electron chi connectivity index (χ3n) is 5.84. The van der Waals surface area contributed by atoms with Crippen molar-refractivity contribution >= 4 is 25.9 Å². The Morgan fingerprint density at radius 3 is 2.38 bits per heavy atom. The van der Waals surface area contributed by atoms with Crippen LogP contribution in [0.15, 0.2) is 42.6 Å². The first-order valence-electron chi connectivity index (χ1n) is 10.7. The SMILES string of the molecule is COC(=O)c1ccc(C#CCC[C@@H](N)[C@H](O[Si](C)(C)C(C)(C)C)c2ccc(Cl)nc2)cc1. The number of nitrogens with two attached hydrogens (primary N) is 1. The van der Waals surface area contributed by atoms with E-state index in [2.05, 4.69) is 50.7 Å². The second-order valence-corrected chi connectivity index (χ2v) is 14.4. The van der Waals surface area contributed by atoms with Gasteiger partial charge in [0, 0.05) is 24.2 Å². The van der Waals surface area contributed by atoms with Gasteiger partial charge in [0.1, 0.15) is 5.15 Å². The molecule has 32 heavy (non-hydrogen) atoms. The molecule has 1 aromatic heterocycles. The van der Waals surface area contributed by atoms with Crippen molar-refractivity contribution in [2.45, 2.75) is 63.9 Å². The molecule has 0 saturated carbocycles. The fourth-order valence-electron chi connectivity index (χ4n) is 2.81. The summed E-state index contributed by atoms with van der Waals surface area (Å²) in [5.41, 5.74) is 8.87. The minimum atomic E-state index is -2.06. The summed E-state index contributed by atoms with van der Waals surface area (Å²) in [7, 11) is -0.697. The first kappa shape index (κ1) is 26.1. The number of nitrogens with zero attached hydrogens (tertiary/aromatic N) is 1. The molecule has 0 radical (unpaired) electrons. The number of rotatable bonds is 7. The number of halogens is 1. The maximum atomic E-state index is 11.5. The molecule has 1 aromatic carbocycles. The lowest BCUT2D eigenvalue weighted by Crippen LogP contribution is -2.45. The minimum absolute atomic E-state index is 0.0565. The Kier molecular flexibility index (Phi) is 9.05. The number of aromatic nitrogens is 1. The molecule has 2 rings (SSSR count). The predicted octanol–water partition coefficient (Wildman–Crippen LogP) is 5.74. The van der Waals surface area contributed by atoms with Crippen LogP contribution < -0.4 is 5.73 Å². The van der Waals surface area contributed by atoms with E-state index in [-0.39, 0.29) is 23.2 Å². The monoisotopic (exact) mass is 472 g/mol. The molecule has 0 unspecified atom stereocenters. The summed E-state index contributed by atoms with van der Waals surface area (Å²) in [6.45, 7) is 11.1. The minimum Gasteiger partial charge on any atom is -0.465 e. The molecule has 0 amide bonds. The van der Waals surface area contributed by atoms with Gasteiger partial charge in [-0.05, 0) is 60.4 Å². The molecule has 2 aromatic rings. The zero-order valence-electron chi connectivity index (χ0n) is 19.7. The average molecular weight is 473 g/mol. The third kappa shape index (κ3) is 7.18. The zero-order valence-corrected chi connectivity index (χ0v) is 21.5. The molecule has 172 valence electrons. The lowest BCUT2D eigenvalue weighted by Gasteiger charge is -2.41. The van der Waals surface area contributed by atoms with Crippen LogP contribution in [-0.2, 0) is 9.16 Å². The maximum absolute atomic E-state index is 11.5. The van der Waals surface area contributed by atoms with Crippen LogP contribution in [0.3, 0.4) is 0 Å². The van der Waals surface area contributed by atoms with Crippen molar-refractivity contribution in [3.05, 3.63) is 64.4 Å². The molecule has 2 N–H and O–H groups in total. The maximum Gasteiger partial charge on any atom is 0.337 e. The average Bonchev–Trinajstić information content (AvgIpc) is 2.74. The lowest BCUT2D eigenvalue weighted by atomic mass is 10.0. The van der Waals surface area contributed by atoms with E-state index in [4.69, 9.17) is 26.5 Å². The number of esters is 1. The van der Waals surface area contributed by atoms with Gasteiger partial charge < -0.3 is 14.9 Å². The van der Waals surface area contributed by atoms with Gasteiger partial charge in [-0.3, -0.25) is 0 Å². The molecular weight excluding hydrogens is 440 g/mol. The second kappa shape index (κ2) is 11.1. The molecule has 0 fully saturated rings. The standard InChI is InChI=1S/C25H33ClN2O3Si/c1-25(2,3)32(5,6)31-23(20-15-16-22(26)28-17-20)21(27)10-8-7-9-18-11-13-19(14-12-18)24(29)30-4/h11-17,21,23H,8,10,27H2,1-6H3/t21-,23-/m1/s1. The van der Waals surface area contributed by atoms with Crippen LogP contribution in [0.2, 0.25) is 23.3 Å². The molecule has 0 saturated heterocycles. The molecule has 5 nitrogen and oxygen atoms in total. The van der Waals surface area contributed by atoms with Crippen LogP contribution in [0.25, 0.3) is 0 Å². The number of hydrogen-bond donors (Lipinski definition) is 1. The summed E-state index contributed by atoms with van der Waals surface area (Å²) in [5, 5.41) is 0.499. The molecule has 7 heteroatoms. The zero-order chi connectivity index (χ0) is 23.9. The number of benzene rings is 1. The van der Waals surface area contributed by atoms with E-state index >= 15 is 0 Å². The van der Waals surface area contributed by atoms with Gasteiger partial charge in [-0.25, -0.2) is 9.78 Å². The summed E-state index contributed by atoms with van der Waals surface area (Å²) in [6.07, 6.45) is 2.77. The number of pyridine rings is 1. The number of methoxy groups -OCH3 is 1. The van der Waals surface area contributed by atoms with Crippen molar-refractivity contribution in [2.24, 2.45) is 5.73 Å². The van der Waals surface area contributed by atoms with Crippen LogP contribution >= 0.6 is 11.6 Å². The Bertz CT molecular complexity index is 958. The molecule has 0 spiro atoms. The number of hydrogen-bond acceptors (Lipinski definition) is 5. The normalized spacial score (nSPS) is 13.6. The molecule has 0 bridgehead atoms. The second-order valence-electron chi connectivity index (χ2n) is 9.29.